The predicted molar refractivity (Wildman–Crippen MR) is 171 cm³/mol. The molecule has 218 valence electrons. The van der Waals surface area contributed by atoms with Crippen LogP contribution in [0.5, 0.6) is 0 Å². The quantitative estimate of drug-likeness (QED) is 0.201. The largest absolute Gasteiger partial charge is 0.454 e. The van der Waals surface area contributed by atoms with Gasteiger partial charge in [-0.05, 0) is 86.1 Å². The number of aromatic nitrogens is 1. The van der Waals surface area contributed by atoms with Crippen LogP contribution in [0.3, 0.4) is 0 Å². The molecule has 4 heteroatoms. The molecule has 0 unspecified atom stereocenters. The van der Waals surface area contributed by atoms with Crippen molar-refractivity contribution < 1.29 is 13.4 Å². The molecular weight excluding hydrogens is 531 g/mol. The van der Waals surface area contributed by atoms with E-state index in [1.165, 1.54) is 63.4 Å². The zero-order valence-electron chi connectivity index (χ0n) is 25.6. The molecule has 0 amide bonds. The average molecular weight is 572 g/mol. The minimum Gasteiger partial charge on any atom is -0.454 e. The summed E-state index contributed by atoms with van der Waals surface area (Å²) in [5, 5.41) is 12.1. The summed E-state index contributed by atoms with van der Waals surface area (Å²) < 4.78 is 23.4. The standard InChI is InChI=1S/C39H40FN2O/c1-24-9-19-32-33-20-18-31(22-41)37(39(33)43-38(32)36(24)35-21-34(40)25(2)23-42(35)3)30-16-14-29(15-17-30)28-12-10-27(11-13-28)26-7-5-4-6-8-26/h9,14-21,23,26-28H,4-8,10-13H2,1-3H3/q+1. The van der Waals surface area contributed by atoms with Crippen molar-refractivity contribution in [1.29, 1.82) is 5.26 Å². The van der Waals surface area contributed by atoms with E-state index in [1.54, 1.807) is 13.0 Å². The second-order valence-electron chi connectivity index (χ2n) is 13.1. The van der Waals surface area contributed by atoms with Crippen LogP contribution in [-0.2, 0) is 7.05 Å². The summed E-state index contributed by atoms with van der Waals surface area (Å²) >= 11 is 0. The van der Waals surface area contributed by atoms with Gasteiger partial charge in [0.05, 0.1) is 17.2 Å². The molecule has 3 aromatic carbocycles. The normalized spacial score (nSPS) is 19.6. The Bertz CT molecular complexity index is 1860. The minimum atomic E-state index is -0.240. The van der Waals surface area contributed by atoms with Gasteiger partial charge in [0.25, 0.3) is 0 Å². The van der Waals surface area contributed by atoms with Gasteiger partial charge in [-0.25, -0.2) is 8.96 Å². The van der Waals surface area contributed by atoms with E-state index in [0.717, 1.165) is 56.1 Å². The molecule has 5 aromatic rings. The molecule has 2 heterocycles. The molecule has 0 spiro atoms. The first-order chi connectivity index (χ1) is 20.9. The molecular formula is C39H40FN2O+. The maximum atomic E-state index is 14.8. The van der Waals surface area contributed by atoms with Crippen molar-refractivity contribution in [2.24, 2.45) is 18.9 Å². The Kier molecular flexibility index (Phi) is 7.29. The van der Waals surface area contributed by atoms with Gasteiger partial charge in [-0.1, -0.05) is 68.5 Å². The Labute approximate surface area is 254 Å². The van der Waals surface area contributed by atoms with Crippen LogP contribution in [-0.4, -0.2) is 0 Å². The van der Waals surface area contributed by atoms with Gasteiger partial charge in [0, 0.05) is 28.0 Å². The lowest BCUT2D eigenvalue weighted by Crippen LogP contribution is -2.31. The first kappa shape index (κ1) is 27.8. The molecule has 2 saturated carbocycles. The molecule has 0 bridgehead atoms. The van der Waals surface area contributed by atoms with E-state index < -0.39 is 0 Å². The van der Waals surface area contributed by atoms with Crippen LogP contribution in [0, 0.1) is 42.8 Å². The first-order valence-electron chi connectivity index (χ1n) is 16.1. The fourth-order valence-electron chi connectivity index (χ4n) is 8.16. The van der Waals surface area contributed by atoms with E-state index in [4.69, 9.17) is 4.42 Å². The van der Waals surface area contributed by atoms with E-state index in [2.05, 4.69) is 42.5 Å². The molecule has 0 saturated heterocycles. The van der Waals surface area contributed by atoms with E-state index in [0.29, 0.717) is 22.6 Å². The van der Waals surface area contributed by atoms with Crippen LogP contribution in [0.15, 0.2) is 65.2 Å². The van der Waals surface area contributed by atoms with E-state index >= 15 is 0 Å². The highest BCUT2D eigenvalue weighted by Crippen LogP contribution is 2.45. The van der Waals surface area contributed by atoms with Crippen molar-refractivity contribution in [3.63, 3.8) is 0 Å². The lowest BCUT2D eigenvalue weighted by molar-refractivity contribution is -0.661. The van der Waals surface area contributed by atoms with Crippen LogP contribution >= 0.6 is 0 Å². The predicted octanol–water partition coefficient (Wildman–Crippen LogP) is 10.2. The fraction of sp³-hybridized carbons (Fsp3) is 0.385. The summed E-state index contributed by atoms with van der Waals surface area (Å²) in [5.41, 5.74) is 8.49. The highest BCUT2D eigenvalue weighted by Gasteiger charge is 2.29. The van der Waals surface area contributed by atoms with Crippen LogP contribution in [0.1, 0.15) is 86.0 Å². The summed E-state index contributed by atoms with van der Waals surface area (Å²) in [7, 11) is 1.94. The Morgan fingerprint density at radius 3 is 2.12 bits per heavy atom. The van der Waals surface area contributed by atoms with Gasteiger partial charge in [0.1, 0.15) is 24.0 Å². The zero-order chi connectivity index (χ0) is 29.7. The smallest absolute Gasteiger partial charge is 0.219 e. The lowest BCUT2D eigenvalue weighted by Gasteiger charge is -2.36. The molecule has 7 rings (SSSR count). The molecule has 2 aromatic heterocycles. The SMILES string of the molecule is Cc1c[n+](C)c(-c2c(C)ccc3c2oc2c(-c4ccc(C5CCC(C6CCCCC6)CC5)cc4)c(C#N)ccc23)cc1F. The highest BCUT2D eigenvalue weighted by atomic mass is 19.1. The molecule has 2 fully saturated rings. The Morgan fingerprint density at radius 2 is 1.42 bits per heavy atom. The minimum absolute atomic E-state index is 0.240. The number of furan rings is 1. The molecule has 0 N–H and O–H groups in total. The van der Waals surface area contributed by atoms with Crippen molar-refractivity contribution >= 4 is 21.9 Å². The van der Waals surface area contributed by atoms with Crippen LogP contribution in [0.25, 0.3) is 44.3 Å². The van der Waals surface area contributed by atoms with Gasteiger partial charge < -0.3 is 4.42 Å². The summed E-state index contributed by atoms with van der Waals surface area (Å²) in [6, 6.07) is 20.9. The maximum Gasteiger partial charge on any atom is 0.219 e. The summed E-state index contributed by atoms with van der Waals surface area (Å²) in [4.78, 5) is 0. The van der Waals surface area contributed by atoms with Gasteiger partial charge in [0.2, 0.25) is 5.69 Å². The van der Waals surface area contributed by atoms with Gasteiger partial charge in [-0.3, -0.25) is 0 Å². The number of benzene rings is 3. The average Bonchev–Trinajstić information content (AvgIpc) is 3.42. The third kappa shape index (κ3) is 4.93. The second kappa shape index (κ2) is 11.3. The number of nitriles is 1. The zero-order valence-corrected chi connectivity index (χ0v) is 25.6. The van der Waals surface area contributed by atoms with E-state index in [-0.39, 0.29) is 5.82 Å². The second-order valence-corrected chi connectivity index (χ2v) is 13.1. The number of pyridine rings is 1. The number of aryl methyl sites for hydroxylation is 3. The number of fused-ring (bicyclic) bond motifs is 3. The van der Waals surface area contributed by atoms with Gasteiger partial charge in [0.15, 0.2) is 6.20 Å². The van der Waals surface area contributed by atoms with Gasteiger partial charge in [-0.2, -0.15) is 5.26 Å². The van der Waals surface area contributed by atoms with Crippen molar-refractivity contribution in [3.05, 3.63) is 88.9 Å². The number of nitrogens with zero attached hydrogens (tertiary/aromatic N) is 2. The maximum absolute atomic E-state index is 14.8. The molecule has 43 heavy (non-hydrogen) atoms. The van der Waals surface area contributed by atoms with Crippen molar-refractivity contribution in [2.75, 3.05) is 0 Å². The first-order valence-corrected chi connectivity index (χ1v) is 16.1. The number of halogens is 1. The molecule has 3 nitrogen and oxygen atoms in total. The van der Waals surface area contributed by atoms with Crippen molar-refractivity contribution in [2.45, 2.75) is 77.6 Å². The Hall–Kier alpha value is -3.97. The Balaban J connectivity index is 1.26. The van der Waals surface area contributed by atoms with Gasteiger partial charge in [-0.15, -0.1) is 0 Å². The van der Waals surface area contributed by atoms with Crippen molar-refractivity contribution in [3.8, 4) is 28.5 Å². The number of hydrogen-bond acceptors (Lipinski definition) is 2. The topological polar surface area (TPSA) is 40.8 Å². The molecule has 2 aliphatic carbocycles. The highest BCUT2D eigenvalue weighted by molar-refractivity contribution is 6.14. The fourth-order valence-corrected chi connectivity index (χ4v) is 8.16. The van der Waals surface area contributed by atoms with Crippen LogP contribution in [0.2, 0.25) is 0 Å². The number of rotatable bonds is 4. The summed E-state index contributed by atoms with van der Waals surface area (Å²) in [5.74, 6) is 2.26. The molecule has 0 aliphatic heterocycles. The van der Waals surface area contributed by atoms with Crippen LogP contribution in [0.4, 0.5) is 4.39 Å². The lowest BCUT2D eigenvalue weighted by atomic mass is 9.70. The van der Waals surface area contributed by atoms with Crippen LogP contribution < -0.4 is 4.57 Å². The third-order valence-corrected chi connectivity index (χ3v) is 10.6. The molecule has 0 radical (unpaired) electrons. The molecule has 2 aliphatic rings. The van der Waals surface area contributed by atoms with E-state index in [1.807, 2.05) is 36.9 Å². The summed E-state index contributed by atoms with van der Waals surface area (Å²) in [6.07, 6.45) is 14.3. The number of hydrogen-bond donors (Lipinski definition) is 0. The summed E-state index contributed by atoms with van der Waals surface area (Å²) in [6.45, 7) is 3.81. The van der Waals surface area contributed by atoms with E-state index in [9.17, 15) is 9.65 Å². The third-order valence-electron chi connectivity index (χ3n) is 10.6. The van der Waals surface area contributed by atoms with Gasteiger partial charge >= 0.3 is 0 Å². The molecule has 0 atom stereocenters. The van der Waals surface area contributed by atoms with Crippen molar-refractivity contribution in [1.82, 2.24) is 0 Å². The Morgan fingerprint density at radius 1 is 0.767 bits per heavy atom. The monoisotopic (exact) mass is 571 g/mol.